The van der Waals surface area contributed by atoms with Crippen molar-refractivity contribution < 1.29 is 19.1 Å². The number of carbonyl (C=O) groups is 2. The number of benzene rings is 1. The summed E-state index contributed by atoms with van der Waals surface area (Å²) in [4.78, 5) is 31.3. The van der Waals surface area contributed by atoms with Crippen molar-refractivity contribution in [1.29, 1.82) is 0 Å². The number of carbonyl (C=O) groups excluding carboxylic acids is 2. The normalized spacial score (nSPS) is 11.8. The average Bonchev–Trinajstić information content (AvgIpc) is 3.18. The molecule has 0 spiro atoms. The van der Waals surface area contributed by atoms with Crippen molar-refractivity contribution in [2.45, 2.75) is 39.2 Å². The van der Waals surface area contributed by atoms with Gasteiger partial charge in [0.05, 0.1) is 19.1 Å². The zero-order valence-electron chi connectivity index (χ0n) is 16.7. The van der Waals surface area contributed by atoms with Gasteiger partial charge in [-0.3, -0.25) is 4.79 Å². The van der Waals surface area contributed by atoms with E-state index in [-0.39, 0.29) is 11.8 Å². The van der Waals surface area contributed by atoms with E-state index in [4.69, 9.17) is 9.47 Å². The second-order valence-corrected chi connectivity index (χ2v) is 7.27. The number of hydrogen-bond donors (Lipinski definition) is 0. The van der Waals surface area contributed by atoms with Gasteiger partial charge in [-0.25, -0.2) is 9.78 Å². The van der Waals surface area contributed by atoms with E-state index in [2.05, 4.69) is 4.98 Å². The molecule has 0 saturated heterocycles. The number of rotatable bonds is 11. The van der Waals surface area contributed by atoms with Crippen LogP contribution < -0.4 is 0 Å². The first-order valence-corrected chi connectivity index (χ1v) is 10.4. The van der Waals surface area contributed by atoms with Crippen molar-refractivity contribution in [3.63, 3.8) is 0 Å². The molecule has 6 nitrogen and oxygen atoms in total. The molecule has 0 bridgehead atoms. The largest absolute Gasteiger partial charge is 0.461 e. The maximum absolute atomic E-state index is 13.3. The smallest absolute Gasteiger partial charge is 0.357 e. The van der Waals surface area contributed by atoms with Crippen LogP contribution in [0.2, 0.25) is 0 Å². The van der Waals surface area contributed by atoms with E-state index in [1.54, 1.807) is 19.4 Å². The first-order valence-electron chi connectivity index (χ1n) is 9.54. The number of esters is 1. The highest BCUT2D eigenvalue weighted by Gasteiger charge is 2.25. The van der Waals surface area contributed by atoms with Crippen molar-refractivity contribution in [2.24, 2.45) is 0 Å². The minimum atomic E-state index is -0.432. The molecule has 0 aliphatic carbocycles. The number of hydrogen-bond acceptors (Lipinski definition) is 6. The minimum Gasteiger partial charge on any atom is -0.461 e. The molecular weight excluding hydrogens is 376 g/mol. The van der Waals surface area contributed by atoms with Gasteiger partial charge in [-0.1, -0.05) is 37.3 Å². The molecule has 28 heavy (non-hydrogen) atoms. The molecule has 0 aliphatic rings. The van der Waals surface area contributed by atoms with Crippen LogP contribution in [0.5, 0.6) is 0 Å². The number of amides is 1. The summed E-state index contributed by atoms with van der Waals surface area (Å²) in [6.07, 6.45) is 1.46. The summed E-state index contributed by atoms with van der Waals surface area (Å²) in [6.45, 7) is 5.61. The van der Waals surface area contributed by atoms with E-state index in [0.717, 1.165) is 23.4 Å². The fraction of sp³-hybridized carbons (Fsp3) is 0.476. The molecule has 0 aliphatic heterocycles. The molecule has 0 radical (unpaired) electrons. The fourth-order valence-corrected chi connectivity index (χ4v) is 3.75. The Balaban J connectivity index is 2.16. The quantitative estimate of drug-likeness (QED) is 0.420. The third-order valence-corrected chi connectivity index (χ3v) is 5.19. The molecule has 152 valence electrons. The van der Waals surface area contributed by atoms with Crippen molar-refractivity contribution in [3.05, 3.63) is 52.0 Å². The van der Waals surface area contributed by atoms with Crippen LogP contribution >= 0.6 is 11.3 Å². The van der Waals surface area contributed by atoms with Crippen LogP contribution in [0.1, 0.15) is 53.7 Å². The Morgan fingerprint density at radius 1 is 1.21 bits per heavy atom. The second kappa shape index (κ2) is 11.6. The molecule has 2 aromatic rings. The lowest BCUT2D eigenvalue weighted by atomic mass is 9.95. The van der Waals surface area contributed by atoms with E-state index in [0.29, 0.717) is 32.0 Å². The molecule has 7 heteroatoms. The van der Waals surface area contributed by atoms with Crippen LogP contribution in [0.3, 0.4) is 0 Å². The summed E-state index contributed by atoms with van der Waals surface area (Å²) >= 11 is 1.37. The van der Waals surface area contributed by atoms with Crippen LogP contribution in [0, 0.1) is 0 Å². The molecule has 0 fully saturated rings. The molecule has 1 aromatic heterocycles. The molecule has 1 heterocycles. The Kier molecular flexibility index (Phi) is 9.10. The highest BCUT2D eigenvalue weighted by atomic mass is 32.1. The van der Waals surface area contributed by atoms with Crippen LogP contribution in [0.4, 0.5) is 0 Å². The van der Waals surface area contributed by atoms with Gasteiger partial charge in [-0.2, -0.15) is 0 Å². The van der Waals surface area contributed by atoms with Crippen LogP contribution in [-0.4, -0.2) is 48.6 Å². The van der Waals surface area contributed by atoms with Gasteiger partial charge < -0.3 is 14.4 Å². The number of thiazole rings is 1. The molecule has 1 atom stereocenters. The van der Waals surface area contributed by atoms with E-state index >= 15 is 0 Å². The summed E-state index contributed by atoms with van der Waals surface area (Å²) < 4.78 is 10.1. The summed E-state index contributed by atoms with van der Waals surface area (Å²) in [6, 6.07) is 9.83. The molecule has 1 amide bonds. The van der Waals surface area contributed by atoms with Crippen LogP contribution in [0.15, 0.2) is 35.7 Å². The predicted molar refractivity (Wildman–Crippen MR) is 109 cm³/mol. The first-order chi connectivity index (χ1) is 13.6. The standard InChI is InChI=1S/C21H28N2O4S/c1-4-17(16-10-7-6-8-11-16)20(24)23(12-9-13-26-3)14-19-22-18(15-28-19)21(25)27-5-2/h6-8,10-11,15,17H,4-5,9,12-14H2,1-3H3/t17-/m0/s1. The topological polar surface area (TPSA) is 68.7 Å². The molecule has 0 N–H and O–H groups in total. The van der Waals surface area contributed by atoms with Gasteiger partial charge in [-0.05, 0) is 25.3 Å². The highest BCUT2D eigenvalue weighted by Crippen LogP contribution is 2.24. The van der Waals surface area contributed by atoms with Gasteiger partial charge in [0.1, 0.15) is 5.01 Å². The lowest BCUT2D eigenvalue weighted by molar-refractivity contribution is -0.133. The second-order valence-electron chi connectivity index (χ2n) is 6.32. The fourth-order valence-electron chi connectivity index (χ4n) is 2.97. The van der Waals surface area contributed by atoms with Gasteiger partial charge in [0, 0.05) is 25.6 Å². The third-order valence-electron chi connectivity index (χ3n) is 4.36. The molecular formula is C21H28N2O4S. The lowest BCUT2D eigenvalue weighted by Gasteiger charge is -2.26. The SMILES string of the molecule is CCOC(=O)c1csc(CN(CCCOC)C(=O)[C@@H](CC)c2ccccc2)n1. The van der Waals surface area contributed by atoms with Crippen LogP contribution in [-0.2, 0) is 20.8 Å². The Morgan fingerprint density at radius 2 is 1.96 bits per heavy atom. The Hall–Kier alpha value is -2.25. The number of aromatic nitrogens is 1. The number of ether oxygens (including phenoxy) is 2. The van der Waals surface area contributed by atoms with Gasteiger partial charge in [-0.15, -0.1) is 11.3 Å². The zero-order chi connectivity index (χ0) is 20.4. The zero-order valence-corrected chi connectivity index (χ0v) is 17.5. The number of methoxy groups -OCH3 is 1. The van der Waals surface area contributed by atoms with Gasteiger partial charge >= 0.3 is 5.97 Å². The molecule has 0 saturated carbocycles. The third kappa shape index (κ3) is 6.14. The summed E-state index contributed by atoms with van der Waals surface area (Å²) in [7, 11) is 1.65. The Morgan fingerprint density at radius 3 is 2.61 bits per heavy atom. The molecule has 2 rings (SSSR count). The monoisotopic (exact) mass is 404 g/mol. The van der Waals surface area contributed by atoms with E-state index < -0.39 is 5.97 Å². The van der Waals surface area contributed by atoms with Crippen molar-refractivity contribution in [3.8, 4) is 0 Å². The highest BCUT2D eigenvalue weighted by molar-refractivity contribution is 7.09. The predicted octanol–water partition coefficient (Wildman–Crippen LogP) is 3.88. The maximum Gasteiger partial charge on any atom is 0.357 e. The maximum atomic E-state index is 13.3. The van der Waals surface area contributed by atoms with Crippen molar-refractivity contribution in [1.82, 2.24) is 9.88 Å². The lowest BCUT2D eigenvalue weighted by Crippen LogP contribution is -2.36. The van der Waals surface area contributed by atoms with E-state index in [1.165, 1.54) is 11.3 Å². The molecule has 1 aromatic carbocycles. The van der Waals surface area contributed by atoms with Gasteiger partial charge in [0.25, 0.3) is 0 Å². The van der Waals surface area contributed by atoms with Crippen molar-refractivity contribution in [2.75, 3.05) is 26.9 Å². The van der Waals surface area contributed by atoms with Gasteiger partial charge in [0.2, 0.25) is 5.91 Å². The Bertz CT molecular complexity index is 748. The summed E-state index contributed by atoms with van der Waals surface area (Å²) in [5, 5.41) is 2.40. The van der Waals surface area contributed by atoms with E-state index in [1.807, 2.05) is 42.2 Å². The van der Waals surface area contributed by atoms with Crippen LogP contribution in [0.25, 0.3) is 0 Å². The minimum absolute atomic E-state index is 0.0673. The summed E-state index contributed by atoms with van der Waals surface area (Å²) in [5.41, 5.74) is 1.30. The Labute approximate surface area is 170 Å². The van der Waals surface area contributed by atoms with E-state index in [9.17, 15) is 9.59 Å². The summed E-state index contributed by atoms with van der Waals surface area (Å²) in [5.74, 6) is -0.566. The van der Waals surface area contributed by atoms with Gasteiger partial charge in [0.15, 0.2) is 5.69 Å². The first kappa shape index (κ1) is 22.0. The molecule has 0 unspecified atom stereocenters. The average molecular weight is 405 g/mol. The number of nitrogens with zero attached hydrogens (tertiary/aromatic N) is 2. The van der Waals surface area contributed by atoms with Crippen molar-refractivity contribution >= 4 is 23.2 Å².